The van der Waals surface area contributed by atoms with E-state index in [1.54, 1.807) is 13.8 Å². The van der Waals surface area contributed by atoms with Crippen LogP contribution in [0.4, 0.5) is 0 Å². The summed E-state index contributed by atoms with van der Waals surface area (Å²) in [5.74, 6) is 6.17. The van der Waals surface area contributed by atoms with Gasteiger partial charge in [0.05, 0.1) is 12.3 Å². The summed E-state index contributed by atoms with van der Waals surface area (Å²) in [6, 6.07) is 0. The molecule has 0 saturated carbocycles. The van der Waals surface area contributed by atoms with Crippen molar-refractivity contribution in [3.05, 3.63) is 15.6 Å². The highest BCUT2D eigenvalue weighted by molar-refractivity contribution is 8.13. The predicted octanol–water partition coefficient (Wildman–Crippen LogP) is 2.65. The quantitative estimate of drug-likeness (QED) is 0.486. The Morgan fingerprint density at radius 3 is 2.84 bits per heavy atom. The van der Waals surface area contributed by atoms with Crippen molar-refractivity contribution in [2.24, 2.45) is 0 Å². The Morgan fingerprint density at radius 2 is 2.21 bits per heavy atom. The fourth-order valence-corrected chi connectivity index (χ4v) is 2.55. The number of thioether (sulfide) groups is 1. The van der Waals surface area contributed by atoms with Gasteiger partial charge in [0.15, 0.2) is 10.1 Å². The number of nitrogens with zero attached hydrogens (tertiary/aromatic N) is 1. The summed E-state index contributed by atoms with van der Waals surface area (Å²) in [7, 11) is 0. The number of aryl methyl sites for hydroxylation is 1. The molecule has 4 nitrogen and oxygen atoms in total. The minimum Gasteiger partial charge on any atom is -0.462 e. The van der Waals surface area contributed by atoms with Crippen LogP contribution >= 0.6 is 23.1 Å². The molecule has 0 fully saturated rings. The molecular formula is C13H15NO3S2. The summed E-state index contributed by atoms with van der Waals surface area (Å²) in [5.41, 5.74) is 0.644. The third-order valence-corrected chi connectivity index (χ3v) is 3.85. The largest absolute Gasteiger partial charge is 0.462 e. The first kappa shape index (κ1) is 15.7. The second-order valence-corrected chi connectivity index (χ2v) is 5.82. The van der Waals surface area contributed by atoms with E-state index in [1.165, 1.54) is 30.0 Å². The van der Waals surface area contributed by atoms with Gasteiger partial charge in [-0.3, -0.25) is 4.79 Å². The zero-order chi connectivity index (χ0) is 14.3. The molecule has 0 aliphatic rings. The maximum atomic E-state index is 11.6. The second-order valence-electron chi connectivity index (χ2n) is 3.55. The molecule has 1 rings (SSSR count). The molecular weight excluding hydrogens is 282 g/mol. The first-order valence-corrected chi connectivity index (χ1v) is 7.61. The highest BCUT2D eigenvalue weighted by Crippen LogP contribution is 2.18. The zero-order valence-electron chi connectivity index (χ0n) is 11.1. The van der Waals surface area contributed by atoms with Gasteiger partial charge in [0.25, 0.3) is 0 Å². The summed E-state index contributed by atoms with van der Waals surface area (Å²) >= 11 is 2.49. The van der Waals surface area contributed by atoms with Crippen molar-refractivity contribution in [1.29, 1.82) is 0 Å². The molecule has 6 heteroatoms. The molecule has 0 N–H and O–H groups in total. The van der Waals surface area contributed by atoms with E-state index in [9.17, 15) is 9.59 Å². The van der Waals surface area contributed by atoms with E-state index in [2.05, 4.69) is 16.8 Å². The average Bonchev–Trinajstić information content (AvgIpc) is 2.70. The topological polar surface area (TPSA) is 56.3 Å². The number of rotatable bonds is 4. The first-order chi connectivity index (χ1) is 9.04. The molecule has 0 radical (unpaired) electrons. The number of carbonyl (C=O) groups excluding carboxylic acids is 2. The van der Waals surface area contributed by atoms with Gasteiger partial charge in [0.2, 0.25) is 0 Å². The molecule has 1 heterocycles. The summed E-state index contributed by atoms with van der Waals surface area (Å²) in [6.07, 6.45) is 0.623. The van der Waals surface area contributed by atoms with Crippen molar-refractivity contribution in [2.45, 2.75) is 27.2 Å². The molecule has 0 unspecified atom stereocenters. The van der Waals surface area contributed by atoms with E-state index in [4.69, 9.17) is 4.74 Å². The Labute approximate surface area is 120 Å². The monoisotopic (exact) mass is 297 g/mol. The smallest absolute Gasteiger partial charge is 0.350 e. The molecule has 0 atom stereocenters. The zero-order valence-corrected chi connectivity index (χ0v) is 12.7. The van der Waals surface area contributed by atoms with Crippen molar-refractivity contribution in [3.63, 3.8) is 0 Å². The molecule has 0 aliphatic heterocycles. The summed E-state index contributed by atoms with van der Waals surface area (Å²) in [5, 5.41) is 0.699. The van der Waals surface area contributed by atoms with Crippen LogP contribution < -0.4 is 0 Å². The van der Waals surface area contributed by atoms with Crippen molar-refractivity contribution in [2.75, 3.05) is 12.4 Å². The van der Waals surface area contributed by atoms with Gasteiger partial charge >= 0.3 is 5.97 Å². The standard InChI is InChI=1S/C13H15NO3S2/c1-4-17-13(16)12-9(2)14-11(19-12)7-5-6-8-18-10(3)15/h4,6,8H2,1-3H3. The average molecular weight is 297 g/mol. The van der Waals surface area contributed by atoms with Crippen LogP contribution in [0.5, 0.6) is 0 Å². The molecule has 19 heavy (non-hydrogen) atoms. The van der Waals surface area contributed by atoms with Gasteiger partial charge in [-0.05, 0) is 19.8 Å². The Bertz CT molecular complexity index is 526. The molecule has 1 aromatic heterocycles. The number of carbonyl (C=O) groups is 2. The van der Waals surface area contributed by atoms with Gasteiger partial charge < -0.3 is 4.74 Å². The lowest BCUT2D eigenvalue weighted by Gasteiger charge is -1.97. The Hall–Kier alpha value is -1.32. The highest BCUT2D eigenvalue weighted by atomic mass is 32.2. The summed E-state index contributed by atoms with van der Waals surface area (Å²) < 4.78 is 4.93. The fourth-order valence-electron chi connectivity index (χ4n) is 1.22. The van der Waals surface area contributed by atoms with Crippen molar-refractivity contribution in [1.82, 2.24) is 4.98 Å². The molecule has 0 saturated heterocycles. The van der Waals surface area contributed by atoms with Crippen LogP contribution in [0.3, 0.4) is 0 Å². The number of hydrogen-bond acceptors (Lipinski definition) is 6. The van der Waals surface area contributed by atoms with Crippen LogP contribution in [0.15, 0.2) is 0 Å². The van der Waals surface area contributed by atoms with Gasteiger partial charge in [-0.25, -0.2) is 9.78 Å². The van der Waals surface area contributed by atoms with Crippen molar-refractivity contribution in [3.8, 4) is 11.8 Å². The third kappa shape index (κ3) is 5.45. The van der Waals surface area contributed by atoms with Crippen molar-refractivity contribution >= 4 is 34.2 Å². The summed E-state index contributed by atoms with van der Waals surface area (Å²) in [6.45, 7) is 5.41. The maximum absolute atomic E-state index is 11.6. The molecule has 102 valence electrons. The fraction of sp³-hybridized carbons (Fsp3) is 0.462. The van der Waals surface area contributed by atoms with Gasteiger partial charge in [0, 0.05) is 19.1 Å². The molecule has 0 spiro atoms. The van der Waals surface area contributed by atoms with Crippen LogP contribution in [0.1, 0.15) is 40.6 Å². The van der Waals surface area contributed by atoms with Gasteiger partial charge in [-0.1, -0.05) is 29.0 Å². The van der Waals surface area contributed by atoms with E-state index in [1.807, 2.05) is 0 Å². The van der Waals surface area contributed by atoms with E-state index >= 15 is 0 Å². The number of thiazole rings is 1. The lowest BCUT2D eigenvalue weighted by Crippen LogP contribution is -2.03. The number of aromatic nitrogens is 1. The minimum absolute atomic E-state index is 0.0940. The van der Waals surface area contributed by atoms with E-state index in [0.717, 1.165) is 0 Å². The molecule has 1 aromatic rings. The number of ether oxygens (including phenoxy) is 1. The molecule has 0 bridgehead atoms. The maximum Gasteiger partial charge on any atom is 0.350 e. The van der Waals surface area contributed by atoms with E-state index in [-0.39, 0.29) is 11.1 Å². The number of esters is 1. The highest BCUT2D eigenvalue weighted by Gasteiger charge is 2.15. The molecule has 0 aliphatic carbocycles. The minimum atomic E-state index is -0.349. The SMILES string of the molecule is CCOC(=O)c1sc(C#CCCSC(C)=O)nc1C. The lowest BCUT2D eigenvalue weighted by molar-refractivity contribution is -0.109. The molecule has 0 aromatic carbocycles. The predicted molar refractivity (Wildman–Crippen MR) is 77.4 cm³/mol. The van der Waals surface area contributed by atoms with E-state index < -0.39 is 0 Å². The van der Waals surface area contributed by atoms with Gasteiger partial charge in [-0.2, -0.15) is 0 Å². The van der Waals surface area contributed by atoms with Crippen LogP contribution in [0, 0.1) is 18.8 Å². The van der Waals surface area contributed by atoms with Gasteiger partial charge in [0.1, 0.15) is 4.88 Å². The first-order valence-electron chi connectivity index (χ1n) is 5.81. The number of hydrogen-bond donors (Lipinski definition) is 0. The van der Waals surface area contributed by atoms with Crippen LogP contribution in [-0.2, 0) is 9.53 Å². The molecule has 0 amide bonds. The van der Waals surface area contributed by atoms with Crippen molar-refractivity contribution < 1.29 is 14.3 Å². The van der Waals surface area contributed by atoms with E-state index in [0.29, 0.717) is 34.4 Å². The Kier molecular flexibility index (Phi) is 6.60. The summed E-state index contributed by atoms with van der Waals surface area (Å²) in [4.78, 5) is 27.0. The van der Waals surface area contributed by atoms with Crippen LogP contribution in [0.2, 0.25) is 0 Å². The second kappa shape index (κ2) is 7.97. The van der Waals surface area contributed by atoms with Gasteiger partial charge in [-0.15, -0.1) is 0 Å². The lowest BCUT2D eigenvalue weighted by atomic mass is 10.4. The Morgan fingerprint density at radius 1 is 1.47 bits per heavy atom. The Balaban J connectivity index is 2.61. The third-order valence-electron chi connectivity index (χ3n) is 1.99. The van der Waals surface area contributed by atoms with Crippen LogP contribution in [-0.4, -0.2) is 28.4 Å². The van der Waals surface area contributed by atoms with Crippen LogP contribution in [0.25, 0.3) is 0 Å². The normalized spacial score (nSPS) is 9.63.